The highest BCUT2D eigenvalue weighted by Gasteiger charge is 2.51. The summed E-state index contributed by atoms with van der Waals surface area (Å²) in [7, 11) is 4.09. The smallest absolute Gasteiger partial charge is 0.209 e. The van der Waals surface area contributed by atoms with Crippen molar-refractivity contribution in [1.82, 2.24) is 15.5 Å². The van der Waals surface area contributed by atoms with E-state index in [9.17, 15) is 14.8 Å². The quantitative estimate of drug-likeness (QED) is 0.365. The van der Waals surface area contributed by atoms with Gasteiger partial charge in [-0.15, -0.1) is 4.99 Å². The van der Waals surface area contributed by atoms with Crippen molar-refractivity contribution in [3.8, 4) is 17.7 Å². The fourth-order valence-corrected chi connectivity index (χ4v) is 4.46. The van der Waals surface area contributed by atoms with Gasteiger partial charge in [0.1, 0.15) is 12.4 Å². The molecule has 168 valence electrons. The average molecular weight is 438 g/mol. The van der Waals surface area contributed by atoms with Crippen LogP contribution in [0.25, 0.3) is 0 Å². The summed E-state index contributed by atoms with van der Waals surface area (Å²) in [5, 5.41) is 25.6. The van der Waals surface area contributed by atoms with Gasteiger partial charge in [-0.25, -0.2) is 4.39 Å². The third-order valence-electron chi connectivity index (χ3n) is 6.23. The summed E-state index contributed by atoms with van der Waals surface area (Å²) in [6.07, 6.45) is 5.16. The van der Waals surface area contributed by atoms with Crippen LogP contribution < -0.4 is 15.4 Å². The summed E-state index contributed by atoms with van der Waals surface area (Å²) in [5.74, 6) is 0.608. The normalized spacial score (nSPS) is 20.0. The van der Waals surface area contributed by atoms with Crippen LogP contribution in [0.3, 0.4) is 0 Å². The summed E-state index contributed by atoms with van der Waals surface area (Å²) in [4.78, 5) is 6.18. The van der Waals surface area contributed by atoms with E-state index in [1.165, 1.54) is 6.07 Å². The molecule has 2 aromatic rings. The predicted octanol–water partition coefficient (Wildman–Crippen LogP) is 2.56. The summed E-state index contributed by atoms with van der Waals surface area (Å²) in [5.41, 5.74) is 1.70. The van der Waals surface area contributed by atoms with Crippen LogP contribution in [0.15, 0.2) is 47.5 Å². The van der Waals surface area contributed by atoms with Crippen molar-refractivity contribution in [1.29, 1.82) is 5.26 Å². The van der Waals surface area contributed by atoms with Crippen LogP contribution in [0.1, 0.15) is 24.0 Å². The molecule has 32 heavy (non-hydrogen) atoms. The number of phenolic OH excluding ortho intramolecular Hbond substituents is 1. The molecule has 1 heterocycles. The first-order chi connectivity index (χ1) is 15.4. The van der Waals surface area contributed by atoms with Crippen molar-refractivity contribution >= 4 is 5.96 Å². The maximum Gasteiger partial charge on any atom is 0.209 e. The molecule has 1 saturated carbocycles. The molecule has 7 nitrogen and oxygen atoms in total. The summed E-state index contributed by atoms with van der Waals surface area (Å²) >= 11 is 0. The highest BCUT2D eigenvalue weighted by molar-refractivity contribution is 5.82. The van der Waals surface area contributed by atoms with Gasteiger partial charge >= 0.3 is 0 Å². The molecule has 1 aliphatic carbocycles. The van der Waals surface area contributed by atoms with Crippen LogP contribution in [0.4, 0.5) is 4.39 Å². The van der Waals surface area contributed by atoms with E-state index in [0.29, 0.717) is 18.1 Å². The molecule has 1 aliphatic heterocycles. The second-order valence-corrected chi connectivity index (χ2v) is 8.78. The number of nitrogens with one attached hydrogen (secondary N) is 2. The molecular formula is C24H28FN5O2. The molecular weight excluding hydrogens is 409 g/mol. The van der Waals surface area contributed by atoms with Crippen molar-refractivity contribution in [3.05, 3.63) is 59.4 Å². The van der Waals surface area contributed by atoms with Gasteiger partial charge in [0.2, 0.25) is 12.2 Å². The molecule has 0 aromatic heterocycles. The van der Waals surface area contributed by atoms with Gasteiger partial charge in [0.15, 0.2) is 11.6 Å². The monoisotopic (exact) mass is 437 g/mol. The van der Waals surface area contributed by atoms with E-state index in [0.717, 1.165) is 30.4 Å². The van der Waals surface area contributed by atoms with E-state index in [4.69, 9.17) is 4.74 Å². The number of likely N-dealkylation sites (N-methyl/N-ethyl adjacent to an activating group) is 1. The van der Waals surface area contributed by atoms with E-state index < -0.39 is 0 Å². The van der Waals surface area contributed by atoms with Crippen molar-refractivity contribution < 1.29 is 14.2 Å². The molecule has 2 aliphatic rings. The van der Waals surface area contributed by atoms with Crippen molar-refractivity contribution in [2.45, 2.75) is 43.3 Å². The van der Waals surface area contributed by atoms with Crippen molar-refractivity contribution in [2.75, 3.05) is 20.7 Å². The first-order valence-electron chi connectivity index (χ1n) is 10.8. The number of nitriles is 1. The molecule has 0 spiro atoms. The Bertz CT molecular complexity index is 1030. The number of ether oxygens (including phenoxy) is 1. The maximum absolute atomic E-state index is 13.9. The largest absolute Gasteiger partial charge is 0.508 e. The first kappa shape index (κ1) is 21.9. The molecule has 8 heteroatoms. The SMILES string of the molecule is CN(C)[C@@H](Cc1ccc(O)cc1)C1(NC(=NC#N)NC2COc3c(F)cccc3C2)CC1. The predicted molar refractivity (Wildman–Crippen MR) is 120 cm³/mol. The van der Waals surface area contributed by atoms with Gasteiger partial charge in [-0.1, -0.05) is 24.3 Å². The summed E-state index contributed by atoms with van der Waals surface area (Å²) in [6.45, 7) is 0.289. The van der Waals surface area contributed by atoms with Crippen molar-refractivity contribution in [3.63, 3.8) is 0 Å². The number of phenols is 1. The Morgan fingerprint density at radius 1 is 1.31 bits per heavy atom. The molecule has 0 radical (unpaired) electrons. The Morgan fingerprint density at radius 3 is 2.72 bits per heavy atom. The minimum atomic E-state index is -0.357. The van der Waals surface area contributed by atoms with Gasteiger partial charge in [0, 0.05) is 6.04 Å². The van der Waals surface area contributed by atoms with Crippen LogP contribution in [0, 0.1) is 17.3 Å². The van der Waals surface area contributed by atoms with E-state index in [-0.39, 0.29) is 35.8 Å². The number of benzene rings is 2. The van der Waals surface area contributed by atoms with Crippen LogP contribution in [0.5, 0.6) is 11.5 Å². The number of aliphatic imine (C=N–C) groups is 1. The fraction of sp³-hybridized carbons (Fsp3) is 0.417. The zero-order valence-electron chi connectivity index (χ0n) is 18.3. The Labute approximate surface area is 187 Å². The zero-order chi connectivity index (χ0) is 22.7. The van der Waals surface area contributed by atoms with Gasteiger partial charge < -0.3 is 25.4 Å². The highest BCUT2D eigenvalue weighted by Crippen LogP contribution is 2.42. The lowest BCUT2D eigenvalue weighted by Gasteiger charge is -2.35. The lowest BCUT2D eigenvalue weighted by molar-refractivity contribution is 0.222. The first-order valence-corrected chi connectivity index (χ1v) is 10.8. The summed E-state index contributed by atoms with van der Waals surface area (Å²) < 4.78 is 19.6. The summed E-state index contributed by atoms with van der Waals surface area (Å²) in [6, 6.07) is 12.2. The number of nitrogens with zero attached hydrogens (tertiary/aromatic N) is 3. The van der Waals surface area contributed by atoms with Crippen molar-refractivity contribution in [2.24, 2.45) is 4.99 Å². The zero-order valence-corrected chi connectivity index (χ0v) is 18.3. The Balaban J connectivity index is 1.46. The molecule has 3 N–H and O–H groups in total. The third kappa shape index (κ3) is 4.78. The number of rotatable bonds is 6. The molecule has 0 saturated heterocycles. The fourth-order valence-electron chi connectivity index (χ4n) is 4.46. The van der Waals surface area contributed by atoms with E-state index in [1.807, 2.05) is 38.5 Å². The number of hydrogen-bond donors (Lipinski definition) is 3. The number of aromatic hydroxyl groups is 1. The number of halogens is 1. The van der Waals surface area contributed by atoms with Crippen LogP contribution in [-0.2, 0) is 12.8 Å². The maximum atomic E-state index is 13.9. The second kappa shape index (κ2) is 9.05. The lowest BCUT2D eigenvalue weighted by Crippen LogP contribution is -2.58. The number of fused-ring (bicyclic) bond motifs is 1. The second-order valence-electron chi connectivity index (χ2n) is 8.78. The van der Waals surface area contributed by atoms with Gasteiger partial charge in [0.25, 0.3) is 0 Å². The van der Waals surface area contributed by atoms with Crippen LogP contribution in [0.2, 0.25) is 0 Å². The molecule has 0 amide bonds. The minimum absolute atomic E-state index is 0.130. The van der Waals surface area contributed by atoms with Crippen LogP contribution >= 0.6 is 0 Å². The Hall–Kier alpha value is -3.31. The molecule has 2 aromatic carbocycles. The Kier molecular flexibility index (Phi) is 6.19. The highest BCUT2D eigenvalue weighted by atomic mass is 19.1. The topological polar surface area (TPSA) is 92.9 Å². The Morgan fingerprint density at radius 2 is 2.06 bits per heavy atom. The van der Waals surface area contributed by atoms with Gasteiger partial charge in [-0.3, -0.25) is 0 Å². The number of guanidine groups is 1. The van der Waals surface area contributed by atoms with Gasteiger partial charge in [0.05, 0.1) is 11.6 Å². The molecule has 0 bridgehead atoms. The van der Waals surface area contributed by atoms with E-state index in [2.05, 4.69) is 20.5 Å². The van der Waals surface area contributed by atoms with Gasteiger partial charge in [-0.05, 0) is 69.1 Å². The van der Waals surface area contributed by atoms with Gasteiger partial charge in [-0.2, -0.15) is 5.26 Å². The molecule has 2 atom stereocenters. The minimum Gasteiger partial charge on any atom is -0.508 e. The van der Waals surface area contributed by atoms with Crippen LogP contribution in [-0.4, -0.2) is 54.3 Å². The molecule has 1 unspecified atom stereocenters. The number of hydrogen-bond acceptors (Lipinski definition) is 5. The third-order valence-corrected chi connectivity index (χ3v) is 6.23. The number of para-hydroxylation sites is 1. The molecule has 4 rings (SSSR count). The average Bonchev–Trinajstić information content (AvgIpc) is 3.53. The molecule has 1 fully saturated rings. The standard InChI is InChI=1S/C24H28FN5O2/c1-30(2)21(12-16-6-8-19(31)9-7-16)24(10-11-24)29-23(27-15-26)28-18-13-17-4-3-5-20(25)22(17)32-14-18/h3-9,18,21,31H,10-14H2,1-2H3,(H2,27,28,29)/t18?,21-/m0/s1. The lowest BCUT2D eigenvalue weighted by atomic mass is 9.96. The van der Waals surface area contributed by atoms with E-state index >= 15 is 0 Å². The van der Waals surface area contributed by atoms with E-state index in [1.54, 1.807) is 18.2 Å².